The molecule has 0 aliphatic carbocycles. The average molecular weight is 472 g/mol. The second-order valence-corrected chi connectivity index (χ2v) is 8.98. The largest absolute Gasteiger partial charge is 0.383 e. The summed E-state index contributed by atoms with van der Waals surface area (Å²) >= 11 is 0. The number of amides is 1. The number of aromatic nitrogens is 1. The van der Waals surface area contributed by atoms with Crippen molar-refractivity contribution in [1.82, 2.24) is 14.8 Å². The predicted octanol–water partition coefficient (Wildman–Crippen LogP) is 5.36. The van der Waals surface area contributed by atoms with Gasteiger partial charge in [0, 0.05) is 70.7 Å². The van der Waals surface area contributed by atoms with Gasteiger partial charge in [0.15, 0.2) is 0 Å². The number of nitrogens with zero attached hydrogens (tertiary/aromatic N) is 4. The topological polar surface area (TPSA) is 60.8 Å². The molecule has 0 saturated carbocycles. The van der Waals surface area contributed by atoms with Crippen LogP contribution in [-0.2, 0) is 4.79 Å². The molecule has 0 unspecified atom stereocenters. The zero-order valence-electron chi connectivity index (χ0n) is 21.6. The van der Waals surface area contributed by atoms with E-state index in [0.717, 1.165) is 65.3 Å². The maximum absolute atomic E-state index is 11.7. The fraction of sp³-hybridized carbons (Fsp3) is 0.345. The summed E-state index contributed by atoms with van der Waals surface area (Å²) in [6.45, 7) is 9.16. The second-order valence-electron chi connectivity index (χ2n) is 8.98. The van der Waals surface area contributed by atoms with Crippen molar-refractivity contribution in [2.75, 3.05) is 39.5 Å². The van der Waals surface area contributed by atoms with E-state index in [1.54, 1.807) is 14.0 Å². The molecular weight excluding hydrogens is 434 g/mol. The highest BCUT2D eigenvalue weighted by Crippen LogP contribution is 2.29. The van der Waals surface area contributed by atoms with Crippen LogP contribution in [0.5, 0.6) is 0 Å². The van der Waals surface area contributed by atoms with Gasteiger partial charge in [-0.2, -0.15) is 0 Å². The van der Waals surface area contributed by atoms with Gasteiger partial charge in [-0.05, 0) is 54.7 Å². The number of benzene rings is 1. The van der Waals surface area contributed by atoms with Crippen LogP contribution in [-0.4, -0.2) is 67.2 Å². The Morgan fingerprint density at radius 3 is 2.54 bits per heavy atom. The van der Waals surface area contributed by atoms with Crippen molar-refractivity contribution in [2.45, 2.75) is 32.7 Å². The van der Waals surface area contributed by atoms with E-state index in [-0.39, 0.29) is 11.9 Å². The van der Waals surface area contributed by atoms with E-state index in [4.69, 9.17) is 4.98 Å². The highest BCUT2D eigenvalue weighted by Gasteiger charge is 2.22. The molecule has 0 spiro atoms. The molecule has 1 aromatic carbocycles. The van der Waals surface area contributed by atoms with Gasteiger partial charge in [0.2, 0.25) is 5.91 Å². The van der Waals surface area contributed by atoms with E-state index < -0.39 is 0 Å². The Hall–Kier alpha value is -3.67. The lowest BCUT2D eigenvalue weighted by atomic mass is 10.00. The number of aliphatic imine (C=N–C) groups is 1. The molecule has 2 heterocycles. The van der Waals surface area contributed by atoms with Gasteiger partial charge in [-0.1, -0.05) is 36.9 Å². The lowest BCUT2D eigenvalue weighted by Gasteiger charge is -2.32. The third-order valence-electron chi connectivity index (χ3n) is 6.18. The van der Waals surface area contributed by atoms with Crippen LogP contribution >= 0.6 is 0 Å². The summed E-state index contributed by atoms with van der Waals surface area (Å²) in [4.78, 5) is 25.0. The van der Waals surface area contributed by atoms with Gasteiger partial charge < -0.3 is 15.1 Å². The monoisotopic (exact) mass is 471 g/mol. The van der Waals surface area contributed by atoms with Crippen LogP contribution in [0.15, 0.2) is 66.3 Å². The Kier molecular flexibility index (Phi) is 9.01. The summed E-state index contributed by atoms with van der Waals surface area (Å²) in [5.41, 5.74) is 6.13. The highest BCUT2D eigenvalue weighted by molar-refractivity contribution is 6.11. The maximum atomic E-state index is 11.7. The molecule has 2 aromatic rings. The molecule has 6 nitrogen and oxygen atoms in total. The van der Waals surface area contributed by atoms with E-state index in [1.807, 2.05) is 43.1 Å². The van der Waals surface area contributed by atoms with Crippen LogP contribution in [0.4, 0.5) is 5.82 Å². The van der Waals surface area contributed by atoms with Gasteiger partial charge in [-0.15, -0.1) is 0 Å². The third-order valence-corrected chi connectivity index (χ3v) is 6.18. The van der Waals surface area contributed by atoms with E-state index in [0.29, 0.717) is 0 Å². The lowest BCUT2D eigenvalue weighted by Crippen LogP contribution is -2.41. The first-order valence-corrected chi connectivity index (χ1v) is 12.1. The molecule has 0 bridgehead atoms. The Bertz CT molecular complexity index is 1140. The number of hydrogen-bond donors (Lipinski definition) is 1. The smallest absolute Gasteiger partial charge is 0.219 e. The molecule has 0 radical (unpaired) electrons. The zero-order valence-corrected chi connectivity index (χ0v) is 21.6. The van der Waals surface area contributed by atoms with Crippen molar-refractivity contribution in [1.29, 1.82) is 0 Å². The molecule has 1 aliphatic rings. The Labute approximate surface area is 209 Å². The molecule has 1 fully saturated rings. The molecule has 1 saturated heterocycles. The molecule has 3 rings (SSSR count). The van der Waals surface area contributed by atoms with E-state index in [2.05, 4.69) is 65.6 Å². The van der Waals surface area contributed by atoms with Gasteiger partial charge in [-0.3, -0.25) is 9.79 Å². The van der Waals surface area contributed by atoms with Crippen LogP contribution in [0.3, 0.4) is 0 Å². The van der Waals surface area contributed by atoms with Crippen LogP contribution in [0.1, 0.15) is 37.8 Å². The van der Waals surface area contributed by atoms with Crippen LogP contribution in [0, 0.1) is 0 Å². The van der Waals surface area contributed by atoms with Crippen LogP contribution < -0.4 is 5.32 Å². The molecular formula is C29H37N5O. The number of likely N-dealkylation sites (tertiary alicyclic amines) is 1. The van der Waals surface area contributed by atoms with Crippen molar-refractivity contribution in [3.05, 3.63) is 72.5 Å². The van der Waals surface area contributed by atoms with Crippen molar-refractivity contribution in [3.8, 4) is 11.3 Å². The molecule has 184 valence electrons. The van der Waals surface area contributed by atoms with E-state index >= 15 is 0 Å². The number of pyridine rings is 1. The summed E-state index contributed by atoms with van der Waals surface area (Å²) < 4.78 is 0. The normalized spacial score (nSPS) is 15.4. The minimum Gasteiger partial charge on any atom is -0.383 e. The summed E-state index contributed by atoms with van der Waals surface area (Å²) in [7, 11) is 5.79. The van der Waals surface area contributed by atoms with Gasteiger partial charge in [0.05, 0.1) is 5.69 Å². The van der Waals surface area contributed by atoms with E-state index in [9.17, 15) is 4.79 Å². The number of carbonyl (C=O) groups excluding carboxylic acids is 1. The fourth-order valence-corrected chi connectivity index (χ4v) is 4.31. The minimum atomic E-state index is 0.140. The first-order chi connectivity index (χ1) is 16.9. The first-order valence-electron chi connectivity index (χ1n) is 12.1. The molecule has 1 N–H and O–H groups in total. The standard InChI is InChI=1S/C29H37N5O/c1-7-22(19-30-4)27-12-13-28(25-11-9-10-24(18-25)23(8-2)20-33(5)6)32-29(27)31-26-14-16-34(17-15-26)21(3)35/h7-13,18-20,26H,2,14-17H2,1,3-6H3,(H,31,32)/b22-7+,23-20+,30-19-. The summed E-state index contributed by atoms with van der Waals surface area (Å²) in [6, 6.07) is 12.8. The van der Waals surface area contributed by atoms with Gasteiger partial charge in [0.25, 0.3) is 0 Å². The van der Waals surface area contributed by atoms with E-state index in [1.165, 1.54) is 0 Å². The lowest BCUT2D eigenvalue weighted by molar-refractivity contribution is -0.129. The number of rotatable bonds is 8. The summed E-state index contributed by atoms with van der Waals surface area (Å²) in [5, 5.41) is 3.68. The number of piperidine rings is 1. The predicted molar refractivity (Wildman–Crippen MR) is 148 cm³/mol. The number of carbonyl (C=O) groups is 1. The summed E-state index contributed by atoms with van der Waals surface area (Å²) in [6.07, 6.45) is 9.64. The van der Waals surface area contributed by atoms with Crippen LogP contribution in [0.2, 0.25) is 0 Å². The third kappa shape index (κ3) is 6.69. The quantitative estimate of drug-likeness (QED) is 0.416. The van der Waals surface area contributed by atoms with Gasteiger partial charge in [-0.25, -0.2) is 4.98 Å². The SMILES string of the molecule is C=C/C(=C\N(C)C)c1cccc(-c2ccc(C(/C=N\C)=C/C)c(NC3CCN(C(C)=O)CC3)n2)c1. The number of allylic oxidation sites excluding steroid dienone is 4. The molecule has 35 heavy (non-hydrogen) atoms. The van der Waals surface area contributed by atoms with Gasteiger partial charge >= 0.3 is 0 Å². The maximum Gasteiger partial charge on any atom is 0.219 e. The molecule has 6 heteroatoms. The Balaban J connectivity index is 1.98. The van der Waals surface area contributed by atoms with Crippen molar-refractivity contribution < 1.29 is 4.79 Å². The number of anilines is 1. The van der Waals surface area contributed by atoms with Crippen molar-refractivity contribution >= 4 is 29.1 Å². The van der Waals surface area contributed by atoms with Gasteiger partial charge in [0.1, 0.15) is 5.82 Å². The fourth-order valence-electron chi connectivity index (χ4n) is 4.31. The molecule has 1 amide bonds. The highest BCUT2D eigenvalue weighted by atomic mass is 16.2. The average Bonchev–Trinajstić information content (AvgIpc) is 2.86. The Morgan fingerprint density at radius 1 is 1.20 bits per heavy atom. The molecule has 1 aliphatic heterocycles. The second kappa shape index (κ2) is 12.2. The number of hydrogen-bond acceptors (Lipinski definition) is 5. The minimum absolute atomic E-state index is 0.140. The van der Waals surface area contributed by atoms with Crippen LogP contribution in [0.25, 0.3) is 22.4 Å². The number of nitrogens with one attached hydrogen (secondary N) is 1. The Morgan fingerprint density at radius 2 is 1.94 bits per heavy atom. The molecule has 0 atom stereocenters. The van der Waals surface area contributed by atoms with Crippen molar-refractivity contribution in [2.24, 2.45) is 4.99 Å². The zero-order chi connectivity index (χ0) is 25.4. The summed E-state index contributed by atoms with van der Waals surface area (Å²) in [5.74, 6) is 0.983. The molecule has 1 aromatic heterocycles. The first kappa shape index (κ1) is 25.9. The van der Waals surface area contributed by atoms with Crippen molar-refractivity contribution in [3.63, 3.8) is 0 Å².